The van der Waals surface area contributed by atoms with Gasteiger partial charge in [-0.1, -0.05) is 13.8 Å². The quantitative estimate of drug-likeness (QED) is 0.708. The summed E-state index contributed by atoms with van der Waals surface area (Å²) in [4.78, 5) is 24.1. The lowest BCUT2D eigenvalue weighted by atomic mass is 9.88. The highest BCUT2D eigenvalue weighted by molar-refractivity contribution is 5.89. The number of esters is 1. The summed E-state index contributed by atoms with van der Waals surface area (Å²) in [6, 6.07) is -0.963. The van der Waals surface area contributed by atoms with Gasteiger partial charge in [-0.3, -0.25) is 0 Å². The molecule has 7 nitrogen and oxygen atoms in total. The van der Waals surface area contributed by atoms with Crippen molar-refractivity contribution in [3.8, 4) is 0 Å². The second-order valence-electron chi connectivity index (χ2n) is 7.26. The molecule has 0 aromatic carbocycles. The Kier molecular flexibility index (Phi) is 7.89. The molecule has 1 rings (SSSR count). The molecule has 1 amide bonds. The summed E-state index contributed by atoms with van der Waals surface area (Å²) in [6.45, 7) is 9.41. The van der Waals surface area contributed by atoms with Crippen LogP contribution in [0.1, 0.15) is 53.9 Å². The molecule has 0 bridgehead atoms. The maximum absolute atomic E-state index is 12.1. The minimum Gasteiger partial charge on any atom is -0.466 e. The molecule has 0 fully saturated rings. The Bertz CT molecular complexity index is 494. The predicted molar refractivity (Wildman–Crippen MR) is 95.1 cm³/mol. The van der Waals surface area contributed by atoms with Crippen LogP contribution < -0.4 is 11.1 Å². The van der Waals surface area contributed by atoms with E-state index >= 15 is 0 Å². The first kappa shape index (κ1) is 21.4. The molecule has 144 valence electrons. The molecule has 0 saturated carbocycles. The van der Waals surface area contributed by atoms with Crippen molar-refractivity contribution in [3.05, 3.63) is 11.6 Å². The van der Waals surface area contributed by atoms with Crippen molar-refractivity contribution in [1.82, 2.24) is 5.32 Å². The third kappa shape index (κ3) is 6.66. The summed E-state index contributed by atoms with van der Waals surface area (Å²) in [7, 11) is 1.32. The Hall–Kier alpha value is -1.60. The van der Waals surface area contributed by atoms with Gasteiger partial charge >= 0.3 is 12.1 Å². The average Bonchev–Trinajstić information content (AvgIpc) is 2.52. The number of methoxy groups -OCH3 is 1. The van der Waals surface area contributed by atoms with Crippen molar-refractivity contribution < 1.29 is 23.8 Å². The zero-order chi connectivity index (χ0) is 19.2. The number of carbonyl (C=O) groups excluding carboxylic acids is 2. The highest BCUT2D eigenvalue weighted by Crippen LogP contribution is 2.24. The number of rotatable bonds is 6. The molecule has 0 aromatic rings. The Balaban J connectivity index is 2.93. The number of nitrogens with one attached hydrogen (secondary N) is 1. The molecular weight excluding hydrogens is 324 g/mol. The largest absolute Gasteiger partial charge is 0.466 e. The van der Waals surface area contributed by atoms with Gasteiger partial charge in [0, 0.05) is 12.0 Å². The monoisotopic (exact) mass is 356 g/mol. The van der Waals surface area contributed by atoms with Gasteiger partial charge in [-0.05, 0) is 39.7 Å². The highest BCUT2D eigenvalue weighted by atomic mass is 16.6. The van der Waals surface area contributed by atoms with Gasteiger partial charge in [-0.25, -0.2) is 9.59 Å². The van der Waals surface area contributed by atoms with Crippen LogP contribution in [0, 0.1) is 0 Å². The maximum Gasteiger partial charge on any atom is 0.407 e. The van der Waals surface area contributed by atoms with Gasteiger partial charge < -0.3 is 25.3 Å². The second-order valence-corrected chi connectivity index (χ2v) is 7.26. The lowest BCUT2D eigenvalue weighted by molar-refractivity contribution is -0.136. The van der Waals surface area contributed by atoms with E-state index in [0.29, 0.717) is 5.57 Å². The molecule has 0 heterocycles. The summed E-state index contributed by atoms with van der Waals surface area (Å²) < 4.78 is 16.1. The van der Waals surface area contributed by atoms with Gasteiger partial charge in [-0.15, -0.1) is 0 Å². The van der Waals surface area contributed by atoms with Crippen molar-refractivity contribution in [3.63, 3.8) is 0 Å². The molecule has 3 atom stereocenters. The van der Waals surface area contributed by atoms with Crippen LogP contribution in [-0.4, -0.2) is 49.1 Å². The van der Waals surface area contributed by atoms with Crippen LogP contribution in [0.2, 0.25) is 0 Å². The van der Waals surface area contributed by atoms with Gasteiger partial charge in [0.2, 0.25) is 0 Å². The molecule has 3 N–H and O–H groups in total. The van der Waals surface area contributed by atoms with Crippen LogP contribution >= 0.6 is 0 Å². The molecule has 0 radical (unpaired) electrons. The van der Waals surface area contributed by atoms with E-state index in [9.17, 15) is 9.59 Å². The molecule has 0 saturated heterocycles. The Morgan fingerprint density at radius 2 is 1.92 bits per heavy atom. The van der Waals surface area contributed by atoms with Crippen LogP contribution in [-0.2, 0) is 19.0 Å². The van der Waals surface area contributed by atoms with Crippen LogP contribution in [0.25, 0.3) is 0 Å². The van der Waals surface area contributed by atoms with E-state index in [1.165, 1.54) is 7.11 Å². The summed E-state index contributed by atoms with van der Waals surface area (Å²) in [5.41, 5.74) is 6.13. The van der Waals surface area contributed by atoms with E-state index in [4.69, 9.17) is 19.9 Å². The normalized spacial score (nSPS) is 23.8. The molecule has 0 spiro atoms. The van der Waals surface area contributed by atoms with E-state index in [2.05, 4.69) is 5.32 Å². The first-order valence-electron chi connectivity index (χ1n) is 8.80. The Labute approximate surface area is 150 Å². The van der Waals surface area contributed by atoms with Crippen molar-refractivity contribution in [1.29, 1.82) is 0 Å². The molecule has 0 aromatic heterocycles. The molecule has 1 aliphatic carbocycles. The molecule has 7 heteroatoms. The van der Waals surface area contributed by atoms with E-state index in [1.807, 2.05) is 13.8 Å². The molecule has 0 aliphatic heterocycles. The predicted octanol–water partition coefficient (Wildman–Crippen LogP) is 2.28. The first-order valence-corrected chi connectivity index (χ1v) is 8.80. The Morgan fingerprint density at radius 1 is 1.32 bits per heavy atom. The van der Waals surface area contributed by atoms with Gasteiger partial charge in [0.15, 0.2) is 0 Å². The van der Waals surface area contributed by atoms with E-state index < -0.39 is 35.9 Å². The van der Waals surface area contributed by atoms with Gasteiger partial charge in [0.05, 0.1) is 31.4 Å². The maximum atomic E-state index is 12.1. The number of alkyl carbamates (subject to hydrolysis) is 1. The molecular formula is C18H32N2O5. The lowest BCUT2D eigenvalue weighted by Gasteiger charge is -2.36. The minimum absolute atomic E-state index is 0.0338. The number of hydrogen-bond donors (Lipinski definition) is 2. The smallest absolute Gasteiger partial charge is 0.407 e. The lowest BCUT2D eigenvalue weighted by Crippen LogP contribution is -2.57. The van der Waals surface area contributed by atoms with Crippen molar-refractivity contribution >= 4 is 12.1 Å². The van der Waals surface area contributed by atoms with Gasteiger partial charge in [-0.2, -0.15) is 0 Å². The summed E-state index contributed by atoms with van der Waals surface area (Å²) in [5, 5.41) is 2.76. The number of carbonyl (C=O) groups is 2. The summed E-state index contributed by atoms with van der Waals surface area (Å²) >= 11 is 0. The van der Waals surface area contributed by atoms with Crippen molar-refractivity contribution in [2.45, 2.75) is 83.8 Å². The number of amides is 1. The standard InChI is InChI=1S/C18H32N2O5/c1-7-12(8-2)24-14-10-11(16(21)23-6)9-13(15(14)19)20-17(22)25-18(3,4)5/h10,12-15H,7-9,19H2,1-6H3,(H,20,22). The SMILES string of the molecule is CCC(CC)OC1C=C(C(=O)OC)CC(NC(=O)OC(C)(C)C)C1N. The molecule has 25 heavy (non-hydrogen) atoms. The average molecular weight is 356 g/mol. The van der Waals surface area contributed by atoms with Crippen LogP contribution in [0.5, 0.6) is 0 Å². The number of nitrogens with two attached hydrogens (primary N) is 1. The zero-order valence-electron chi connectivity index (χ0n) is 16.1. The minimum atomic E-state index is -0.616. The fourth-order valence-corrected chi connectivity index (χ4v) is 2.70. The zero-order valence-corrected chi connectivity index (χ0v) is 16.1. The first-order chi connectivity index (χ1) is 11.6. The number of ether oxygens (including phenoxy) is 3. The van der Waals surface area contributed by atoms with Gasteiger partial charge in [0.25, 0.3) is 0 Å². The fraction of sp³-hybridized carbons (Fsp3) is 0.778. The van der Waals surface area contributed by atoms with Crippen LogP contribution in [0.3, 0.4) is 0 Å². The topological polar surface area (TPSA) is 99.9 Å². The van der Waals surface area contributed by atoms with Gasteiger partial charge in [0.1, 0.15) is 5.60 Å². The van der Waals surface area contributed by atoms with E-state index in [1.54, 1.807) is 26.8 Å². The third-order valence-electron chi connectivity index (χ3n) is 4.06. The number of hydrogen-bond acceptors (Lipinski definition) is 6. The van der Waals surface area contributed by atoms with Crippen LogP contribution in [0.4, 0.5) is 4.79 Å². The third-order valence-corrected chi connectivity index (χ3v) is 4.06. The Morgan fingerprint density at radius 3 is 2.40 bits per heavy atom. The second kappa shape index (κ2) is 9.20. The van der Waals surface area contributed by atoms with E-state index in [-0.39, 0.29) is 12.5 Å². The van der Waals surface area contributed by atoms with Crippen molar-refractivity contribution in [2.75, 3.05) is 7.11 Å². The summed E-state index contributed by atoms with van der Waals surface area (Å²) in [5.74, 6) is -0.443. The molecule has 1 aliphatic rings. The van der Waals surface area contributed by atoms with E-state index in [0.717, 1.165) is 12.8 Å². The fourth-order valence-electron chi connectivity index (χ4n) is 2.70. The van der Waals surface area contributed by atoms with Crippen LogP contribution in [0.15, 0.2) is 11.6 Å². The summed E-state index contributed by atoms with van der Waals surface area (Å²) in [6.07, 6.45) is 2.65. The molecule has 3 unspecified atom stereocenters. The van der Waals surface area contributed by atoms with Crippen molar-refractivity contribution in [2.24, 2.45) is 5.73 Å². The highest BCUT2D eigenvalue weighted by Gasteiger charge is 2.36.